The number of rotatable bonds is 2. The fourth-order valence-corrected chi connectivity index (χ4v) is 3.35. The molecule has 0 atom stereocenters. The van der Waals surface area contributed by atoms with Crippen molar-refractivity contribution in [3.05, 3.63) is 23.1 Å². The Labute approximate surface area is 118 Å². The number of piperazine rings is 1. The van der Waals surface area contributed by atoms with Crippen LogP contribution in [0.4, 0.5) is 10.2 Å². The van der Waals surface area contributed by atoms with E-state index in [0.29, 0.717) is 10.8 Å². The van der Waals surface area contributed by atoms with Crippen LogP contribution in [0.15, 0.2) is 12.3 Å². The molecule has 0 radical (unpaired) electrons. The van der Waals surface area contributed by atoms with E-state index in [1.54, 1.807) is 0 Å². The Morgan fingerprint density at radius 3 is 2.47 bits per heavy atom. The molecule has 2 fully saturated rings. The van der Waals surface area contributed by atoms with Gasteiger partial charge in [-0.1, -0.05) is 24.4 Å². The van der Waals surface area contributed by atoms with Crippen molar-refractivity contribution in [1.29, 1.82) is 0 Å². The van der Waals surface area contributed by atoms with Crippen molar-refractivity contribution in [2.24, 2.45) is 0 Å². The quantitative estimate of drug-likeness (QED) is 0.832. The van der Waals surface area contributed by atoms with Crippen molar-refractivity contribution < 1.29 is 4.39 Å². The zero-order chi connectivity index (χ0) is 13.2. The van der Waals surface area contributed by atoms with Crippen LogP contribution in [0.2, 0.25) is 5.02 Å². The third-order valence-electron chi connectivity index (χ3n) is 4.24. The Hall–Kier alpha value is -0.870. The van der Waals surface area contributed by atoms with Gasteiger partial charge < -0.3 is 4.90 Å². The van der Waals surface area contributed by atoms with Crippen molar-refractivity contribution in [1.82, 2.24) is 9.88 Å². The Morgan fingerprint density at radius 2 is 1.84 bits per heavy atom. The van der Waals surface area contributed by atoms with E-state index in [0.717, 1.165) is 32.2 Å². The number of aromatic nitrogens is 1. The maximum Gasteiger partial charge on any atom is 0.167 e. The minimum atomic E-state index is -0.318. The van der Waals surface area contributed by atoms with Crippen LogP contribution in [-0.4, -0.2) is 42.1 Å². The first-order chi connectivity index (χ1) is 9.24. The highest BCUT2D eigenvalue weighted by Crippen LogP contribution is 2.26. The highest BCUT2D eigenvalue weighted by Gasteiger charge is 2.27. The van der Waals surface area contributed by atoms with Crippen molar-refractivity contribution in [2.75, 3.05) is 31.1 Å². The normalized spacial score (nSPS) is 22.1. The van der Waals surface area contributed by atoms with Crippen LogP contribution < -0.4 is 4.90 Å². The zero-order valence-electron chi connectivity index (χ0n) is 11.0. The third kappa shape index (κ3) is 2.84. The number of nitrogens with zero attached hydrogens (tertiary/aromatic N) is 3. The van der Waals surface area contributed by atoms with Crippen LogP contribution >= 0.6 is 11.6 Å². The van der Waals surface area contributed by atoms with Gasteiger partial charge in [-0.2, -0.15) is 0 Å². The molecular formula is C14H19ClFN3. The first-order valence-electron chi connectivity index (χ1n) is 7.04. The Bertz CT molecular complexity index is 440. The fraction of sp³-hybridized carbons (Fsp3) is 0.643. The summed E-state index contributed by atoms with van der Waals surface area (Å²) < 4.78 is 13.8. The van der Waals surface area contributed by atoms with Gasteiger partial charge in [0.25, 0.3) is 0 Å². The lowest BCUT2D eigenvalue weighted by Gasteiger charge is -2.38. The van der Waals surface area contributed by atoms with Gasteiger partial charge in [0.2, 0.25) is 0 Å². The Kier molecular flexibility index (Phi) is 3.89. The average molecular weight is 284 g/mol. The molecule has 2 heterocycles. The van der Waals surface area contributed by atoms with E-state index in [4.69, 9.17) is 11.6 Å². The summed E-state index contributed by atoms with van der Waals surface area (Å²) in [6.07, 6.45) is 6.89. The van der Waals surface area contributed by atoms with Crippen LogP contribution in [0, 0.1) is 5.82 Å². The van der Waals surface area contributed by atoms with E-state index in [-0.39, 0.29) is 5.82 Å². The second-order valence-corrected chi connectivity index (χ2v) is 5.86. The molecule has 1 aromatic heterocycles. The number of halogens is 2. The van der Waals surface area contributed by atoms with Gasteiger partial charge >= 0.3 is 0 Å². The summed E-state index contributed by atoms with van der Waals surface area (Å²) >= 11 is 5.74. The topological polar surface area (TPSA) is 19.4 Å². The second kappa shape index (κ2) is 5.63. The summed E-state index contributed by atoms with van der Waals surface area (Å²) in [5.74, 6) is 0.122. The molecule has 19 heavy (non-hydrogen) atoms. The van der Waals surface area contributed by atoms with E-state index in [1.807, 2.05) is 4.90 Å². The number of hydrogen-bond donors (Lipinski definition) is 0. The van der Waals surface area contributed by atoms with Crippen LogP contribution in [0.25, 0.3) is 0 Å². The van der Waals surface area contributed by atoms with Gasteiger partial charge in [0.05, 0.1) is 5.02 Å². The highest BCUT2D eigenvalue weighted by molar-refractivity contribution is 6.30. The van der Waals surface area contributed by atoms with Gasteiger partial charge in [-0.15, -0.1) is 0 Å². The molecule has 1 aliphatic heterocycles. The minimum absolute atomic E-state index is 0.318. The molecule has 1 aromatic rings. The monoisotopic (exact) mass is 283 g/mol. The van der Waals surface area contributed by atoms with Gasteiger partial charge in [0, 0.05) is 38.4 Å². The Balaban J connectivity index is 1.63. The molecule has 0 aromatic carbocycles. The van der Waals surface area contributed by atoms with E-state index in [2.05, 4.69) is 9.88 Å². The van der Waals surface area contributed by atoms with Crippen LogP contribution in [0.5, 0.6) is 0 Å². The molecule has 2 aliphatic rings. The largest absolute Gasteiger partial charge is 0.352 e. The van der Waals surface area contributed by atoms with Crippen molar-refractivity contribution in [3.8, 4) is 0 Å². The summed E-state index contributed by atoms with van der Waals surface area (Å²) in [6, 6.07) is 2.10. The highest BCUT2D eigenvalue weighted by atomic mass is 35.5. The summed E-state index contributed by atoms with van der Waals surface area (Å²) in [4.78, 5) is 8.70. The second-order valence-electron chi connectivity index (χ2n) is 5.42. The van der Waals surface area contributed by atoms with E-state index in [1.165, 1.54) is 37.9 Å². The molecular weight excluding hydrogens is 265 g/mol. The lowest BCUT2D eigenvalue weighted by atomic mass is 10.2. The molecule has 1 aliphatic carbocycles. The lowest BCUT2D eigenvalue weighted by molar-refractivity contribution is 0.187. The maximum atomic E-state index is 13.8. The smallest absolute Gasteiger partial charge is 0.167 e. The number of pyridine rings is 1. The predicted octanol–water partition coefficient (Wildman–Crippen LogP) is 2.94. The fourth-order valence-electron chi connectivity index (χ4n) is 3.21. The first-order valence-corrected chi connectivity index (χ1v) is 7.42. The van der Waals surface area contributed by atoms with Gasteiger partial charge in [-0.05, 0) is 18.9 Å². The molecule has 1 saturated heterocycles. The molecule has 0 spiro atoms. The average Bonchev–Trinajstić information content (AvgIpc) is 2.93. The van der Waals surface area contributed by atoms with Gasteiger partial charge in [0.1, 0.15) is 0 Å². The SMILES string of the molecule is Fc1cc(Cl)cnc1N1CCN(C2CCCC2)CC1. The molecule has 3 nitrogen and oxygen atoms in total. The zero-order valence-corrected chi connectivity index (χ0v) is 11.7. The van der Waals surface area contributed by atoms with Crippen molar-refractivity contribution in [2.45, 2.75) is 31.7 Å². The van der Waals surface area contributed by atoms with Gasteiger partial charge in [-0.3, -0.25) is 4.90 Å². The van der Waals surface area contributed by atoms with Crippen LogP contribution in [0.3, 0.4) is 0 Å². The molecule has 0 bridgehead atoms. The van der Waals surface area contributed by atoms with Crippen molar-refractivity contribution in [3.63, 3.8) is 0 Å². The van der Waals surface area contributed by atoms with Crippen molar-refractivity contribution >= 4 is 17.4 Å². The molecule has 5 heteroatoms. The molecule has 0 unspecified atom stereocenters. The third-order valence-corrected chi connectivity index (χ3v) is 4.45. The van der Waals surface area contributed by atoms with E-state index >= 15 is 0 Å². The molecule has 1 saturated carbocycles. The first kappa shape index (κ1) is 13.1. The maximum absolute atomic E-state index is 13.8. The number of hydrogen-bond acceptors (Lipinski definition) is 3. The lowest BCUT2D eigenvalue weighted by Crippen LogP contribution is -2.50. The Morgan fingerprint density at radius 1 is 1.16 bits per heavy atom. The summed E-state index contributed by atoms with van der Waals surface area (Å²) in [5, 5.41) is 0.353. The summed E-state index contributed by atoms with van der Waals surface area (Å²) in [6.45, 7) is 3.72. The van der Waals surface area contributed by atoms with E-state index < -0.39 is 0 Å². The van der Waals surface area contributed by atoms with Crippen LogP contribution in [0.1, 0.15) is 25.7 Å². The van der Waals surface area contributed by atoms with Gasteiger partial charge in [-0.25, -0.2) is 9.37 Å². The van der Waals surface area contributed by atoms with Gasteiger partial charge in [0.15, 0.2) is 11.6 Å². The number of anilines is 1. The molecule has 0 N–H and O–H groups in total. The molecule has 3 rings (SSSR count). The predicted molar refractivity (Wildman–Crippen MR) is 75.2 cm³/mol. The standard InChI is InChI=1S/C14H19ClFN3/c15-11-9-13(16)14(17-10-11)19-7-5-18(6-8-19)12-3-1-2-4-12/h9-10,12H,1-8H2. The molecule has 104 valence electrons. The minimum Gasteiger partial charge on any atom is -0.352 e. The van der Waals surface area contributed by atoms with E-state index in [9.17, 15) is 4.39 Å². The summed E-state index contributed by atoms with van der Waals surface area (Å²) in [7, 11) is 0. The summed E-state index contributed by atoms with van der Waals surface area (Å²) in [5.41, 5.74) is 0. The van der Waals surface area contributed by atoms with Crippen LogP contribution in [-0.2, 0) is 0 Å². The molecule has 0 amide bonds.